The van der Waals surface area contributed by atoms with Crippen LogP contribution in [0, 0.1) is 0 Å². The van der Waals surface area contributed by atoms with Crippen molar-refractivity contribution < 1.29 is 9.22 Å². The van der Waals surface area contributed by atoms with Gasteiger partial charge in [-0.1, -0.05) is 112 Å². The van der Waals surface area contributed by atoms with Crippen molar-refractivity contribution in [1.82, 2.24) is 0 Å². The Morgan fingerprint density at radius 2 is 1.03 bits per heavy atom. The summed E-state index contributed by atoms with van der Waals surface area (Å²) in [6.45, 7) is 12.5. The number of Topliss-reactive ketones (excluding diaryl/α,β-unsaturated/α-hetero) is 1. The standard InChI is InChI=1S/C29H37O2PSi/c1-28(2,3)33(6,7)31-29(4,5)27(30)23-32(24-17-11-8-12-18-24,25-19-13-9-14-20-25)26-21-15-10-16-22-26/h8-23H,1-7H3. The van der Waals surface area contributed by atoms with Gasteiger partial charge in [-0.3, -0.25) is 4.79 Å². The zero-order valence-corrected chi connectivity index (χ0v) is 22.9. The first-order valence-electron chi connectivity index (χ1n) is 11.6. The summed E-state index contributed by atoms with van der Waals surface area (Å²) in [4.78, 5) is 14.1. The summed E-state index contributed by atoms with van der Waals surface area (Å²) in [5, 5.41) is 3.52. The molecule has 3 rings (SSSR count). The molecule has 0 amide bonds. The summed E-state index contributed by atoms with van der Waals surface area (Å²) in [5.41, 5.74) is -0.910. The van der Waals surface area contributed by atoms with E-state index in [1.54, 1.807) is 0 Å². The number of ketones is 1. The third-order valence-electron chi connectivity index (χ3n) is 6.71. The van der Waals surface area contributed by atoms with Crippen molar-refractivity contribution in [3.05, 3.63) is 91.0 Å². The fraction of sp³-hybridized carbons (Fsp3) is 0.310. The first kappa shape index (κ1) is 25.4. The fourth-order valence-electron chi connectivity index (χ4n) is 3.83. The van der Waals surface area contributed by atoms with Crippen LogP contribution in [-0.4, -0.2) is 25.5 Å². The van der Waals surface area contributed by atoms with E-state index in [2.05, 4.69) is 107 Å². The van der Waals surface area contributed by atoms with Gasteiger partial charge in [-0.05, 0) is 60.6 Å². The van der Waals surface area contributed by atoms with Crippen molar-refractivity contribution in [3.63, 3.8) is 0 Å². The molecule has 0 bridgehead atoms. The van der Waals surface area contributed by atoms with E-state index in [0.717, 1.165) is 0 Å². The normalized spacial score (nSPS) is 12.9. The maximum atomic E-state index is 14.1. The second kappa shape index (κ2) is 9.58. The molecule has 0 unspecified atom stereocenters. The third kappa shape index (κ3) is 5.32. The Morgan fingerprint density at radius 3 is 1.33 bits per heavy atom. The van der Waals surface area contributed by atoms with Gasteiger partial charge in [0.2, 0.25) is 0 Å². The second-order valence-corrected chi connectivity index (χ2v) is 18.6. The predicted molar refractivity (Wildman–Crippen MR) is 149 cm³/mol. The number of hydrogen-bond donors (Lipinski definition) is 0. The van der Waals surface area contributed by atoms with Crippen molar-refractivity contribution >= 4 is 42.7 Å². The topological polar surface area (TPSA) is 26.3 Å². The molecule has 0 spiro atoms. The molecule has 0 saturated heterocycles. The molecule has 0 aliphatic carbocycles. The third-order valence-corrected chi connectivity index (χ3v) is 15.3. The van der Waals surface area contributed by atoms with Crippen molar-refractivity contribution in [2.45, 2.75) is 58.4 Å². The number of carbonyl (C=O) groups excluding carboxylic acids is 1. The smallest absolute Gasteiger partial charge is 0.193 e. The minimum Gasteiger partial charge on any atom is -0.405 e. The van der Waals surface area contributed by atoms with Gasteiger partial charge in [-0.25, -0.2) is 0 Å². The molecule has 33 heavy (non-hydrogen) atoms. The summed E-state index contributed by atoms with van der Waals surface area (Å²) < 4.78 is 6.68. The lowest BCUT2D eigenvalue weighted by molar-refractivity contribution is -0.125. The Kier molecular flexibility index (Phi) is 7.38. The molecule has 0 N–H and O–H groups in total. The summed E-state index contributed by atoms with van der Waals surface area (Å²) >= 11 is 0. The van der Waals surface area contributed by atoms with Crippen LogP contribution in [-0.2, 0) is 9.22 Å². The first-order valence-corrected chi connectivity index (χ1v) is 16.3. The van der Waals surface area contributed by atoms with Gasteiger partial charge >= 0.3 is 0 Å². The van der Waals surface area contributed by atoms with Gasteiger partial charge in [-0.15, -0.1) is 0 Å². The Hall–Kier alpha value is -2.19. The maximum Gasteiger partial charge on any atom is 0.193 e. The quantitative estimate of drug-likeness (QED) is 0.302. The summed E-state index contributed by atoms with van der Waals surface area (Å²) in [7, 11) is -2.14. The molecule has 0 heterocycles. The molecular formula is C29H37O2PSi. The average molecular weight is 477 g/mol. The van der Waals surface area contributed by atoms with Crippen LogP contribution >= 0.6 is 6.89 Å². The molecule has 174 valence electrons. The van der Waals surface area contributed by atoms with Crippen LogP contribution in [0.2, 0.25) is 18.1 Å². The number of hydrogen-bond acceptors (Lipinski definition) is 2. The van der Waals surface area contributed by atoms with E-state index in [-0.39, 0.29) is 10.8 Å². The molecule has 2 nitrogen and oxygen atoms in total. The Morgan fingerprint density at radius 1 is 0.697 bits per heavy atom. The monoisotopic (exact) mass is 476 g/mol. The van der Waals surface area contributed by atoms with Gasteiger partial charge in [0.15, 0.2) is 14.1 Å². The number of benzene rings is 3. The van der Waals surface area contributed by atoms with Gasteiger partial charge in [-0.2, -0.15) is 0 Å². The lowest BCUT2D eigenvalue weighted by Gasteiger charge is -2.42. The van der Waals surface area contributed by atoms with Crippen molar-refractivity contribution in [1.29, 1.82) is 0 Å². The molecule has 0 saturated carbocycles. The number of carbonyl (C=O) groups is 1. The van der Waals surface area contributed by atoms with Crippen LogP contribution in [0.1, 0.15) is 34.6 Å². The van der Waals surface area contributed by atoms with Gasteiger partial charge in [0.05, 0.1) is 0 Å². The van der Waals surface area contributed by atoms with Crippen molar-refractivity contribution in [2.24, 2.45) is 0 Å². The molecule has 0 radical (unpaired) electrons. The van der Waals surface area contributed by atoms with E-state index in [4.69, 9.17) is 4.43 Å². The number of rotatable bonds is 7. The van der Waals surface area contributed by atoms with E-state index in [1.165, 1.54) is 15.9 Å². The van der Waals surface area contributed by atoms with Gasteiger partial charge < -0.3 is 4.43 Å². The molecule has 3 aromatic rings. The van der Waals surface area contributed by atoms with E-state index >= 15 is 0 Å². The zero-order chi connectivity index (χ0) is 24.3. The highest BCUT2D eigenvalue weighted by molar-refractivity contribution is 7.95. The van der Waals surface area contributed by atoms with E-state index in [9.17, 15) is 4.79 Å². The molecule has 3 aromatic carbocycles. The average Bonchev–Trinajstić information content (AvgIpc) is 2.77. The van der Waals surface area contributed by atoms with Crippen LogP contribution in [0.5, 0.6) is 0 Å². The second-order valence-electron chi connectivity index (χ2n) is 10.6. The van der Waals surface area contributed by atoms with Crippen LogP contribution in [0.4, 0.5) is 0 Å². The van der Waals surface area contributed by atoms with Crippen LogP contribution in [0.3, 0.4) is 0 Å². The molecule has 0 fully saturated rings. The van der Waals surface area contributed by atoms with Gasteiger partial charge in [0.25, 0.3) is 0 Å². The lowest BCUT2D eigenvalue weighted by atomic mass is 10.1. The largest absolute Gasteiger partial charge is 0.405 e. The highest BCUT2D eigenvalue weighted by Crippen LogP contribution is 2.45. The van der Waals surface area contributed by atoms with Gasteiger partial charge in [0.1, 0.15) is 5.60 Å². The highest BCUT2D eigenvalue weighted by atomic mass is 31.2. The molecule has 4 heteroatoms. The molecule has 0 aliphatic rings. The van der Waals surface area contributed by atoms with Crippen molar-refractivity contribution in [3.8, 4) is 0 Å². The molecule has 0 atom stereocenters. The van der Waals surface area contributed by atoms with Gasteiger partial charge in [0, 0.05) is 0 Å². The highest BCUT2D eigenvalue weighted by Gasteiger charge is 2.44. The van der Waals surface area contributed by atoms with E-state index < -0.39 is 20.8 Å². The van der Waals surface area contributed by atoms with E-state index in [1.807, 2.05) is 37.8 Å². The predicted octanol–water partition coefficient (Wildman–Crippen LogP) is 6.15. The first-order chi connectivity index (χ1) is 15.4. The van der Waals surface area contributed by atoms with E-state index in [0.29, 0.717) is 0 Å². The van der Waals surface area contributed by atoms with Crippen molar-refractivity contribution in [2.75, 3.05) is 0 Å². The summed E-state index contributed by atoms with van der Waals surface area (Å²) in [6.07, 6.45) is 0. The maximum absolute atomic E-state index is 14.1. The van der Waals surface area contributed by atoms with Crippen LogP contribution in [0.25, 0.3) is 0 Å². The Bertz CT molecular complexity index is 1030. The summed E-state index contributed by atoms with van der Waals surface area (Å²) in [5.74, 6) is 2.04. The zero-order valence-electron chi connectivity index (χ0n) is 21.0. The minimum atomic E-state index is -2.35. The Labute approximate surface area is 201 Å². The Balaban J connectivity index is 2.29. The van der Waals surface area contributed by atoms with Crippen LogP contribution in [0.15, 0.2) is 91.0 Å². The molecular weight excluding hydrogens is 439 g/mol. The molecule has 0 aliphatic heterocycles. The molecule has 0 aromatic heterocycles. The summed E-state index contributed by atoms with van der Waals surface area (Å²) in [6, 6.07) is 31.4. The SMILES string of the molecule is CC(C)(O[Si](C)(C)C(C)(C)C)C(=O)C=P(c1ccccc1)(c1ccccc1)c1ccccc1. The fourth-order valence-corrected chi connectivity index (χ4v) is 9.45. The minimum absolute atomic E-state index is 0.0229. The van der Waals surface area contributed by atoms with Crippen LogP contribution < -0.4 is 15.9 Å². The lowest BCUT2D eigenvalue weighted by Crippen LogP contribution is -2.51.